The van der Waals surface area contributed by atoms with Crippen LogP contribution in [-0.2, 0) is 10.3 Å². The molecule has 1 aliphatic rings. The van der Waals surface area contributed by atoms with Gasteiger partial charge < -0.3 is 11.1 Å². The molecule has 3 N–H and O–H groups in total. The number of carbonyl (C=O) groups excluding carboxylic acids is 1. The minimum Gasteiger partial charge on any atom is -0.344 e. The summed E-state index contributed by atoms with van der Waals surface area (Å²) in [6, 6.07) is 0.193. The highest BCUT2D eigenvalue weighted by atomic mass is 35.5. The minimum atomic E-state index is -0.353. The Morgan fingerprint density at radius 3 is 2.71 bits per heavy atom. The SMILES string of the molecule is CCC(C)(NC(=O)C[C@@H]1CCC[C@H]1N)c1nccs1.Cl.Cl. The molecular weight excluding hydrogens is 329 g/mol. The van der Waals surface area contributed by atoms with Crippen LogP contribution < -0.4 is 11.1 Å². The molecule has 1 unspecified atom stereocenters. The van der Waals surface area contributed by atoms with Crippen molar-refractivity contribution < 1.29 is 4.79 Å². The molecule has 3 atom stereocenters. The Morgan fingerprint density at radius 2 is 2.24 bits per heavy atom. The van der Waals surface area contributed by atoms with Gasteiger partial charge in [0.05, 0.1) is 5.54 Å². The van der Waals surface area contributed by atoms with Crippen molar-refractivity contribution in [2.45, 2.75) is 57.5 Å². The van der Waals surface area contributed by atoms with Crippen molar-refractivity contribution in [2.24, 2.45) is 11.7 Å². The maximum atomic E-state index is 12.2. The molecule has 0 radical (unpaired) electrons. The summed E-state index contributed by atoms with van der Waals surface area (Å²) < 4.78 is 0. The van der Waals surface area contributed by atoms with Crippen molar-refractivity contribution in [3.63, 3.8) is 0 Å². The number of thiazole rings is 1. The van der Waals surface area contributed by atoms with E-state index in [-0.39, 0.29) is 42.3 Å². The van der Waals surface area contributed by atoms with Gasteiger partial charge in [-0.05, 0) is 32.1 Å². The number of hydrogen-bond acceptors (Lipinski definition) is 4. The zero-order valence-corrected chi connectivity index (χ0v) is 15.0. The molecule has 0 aromatic carbocycles. The average Bonchev–Trinajstić information content (AvgIpc) is 3.02. The highest BCUT2D eigenvalue weighted by Gasteiger charge is 2.32. The first-order valence-corrected chi connectivity index (χ1v) is 7.89. The lowest BCUT2D eigenvalue weighted by atomic mass is 9.96. The van der Waals surface area contributed by atoms with Crippen LogP contribution in [0.15, 0.2) is 11.6 Å². The van der Waals surface area contributed by atoms with Crippen LogP contribution in [0.5, 0.6) is 0 Å². The Hall–Kier alpha value is -0.360. The second-order valence-corrected chi connectivity index (χ2v) is 6.52. The lowest BCUT2D eigenvalue weighted by molar-refractivity contribution is -0.124. The Balaban J connectivity index is 0.00000200. The van der Waals surface area contributed by atoms with Gasteiger partial charge in [0.25, 0.3) is 0 Å². The van der Waals surface area contributed by atoms with E-state index in [4.69, 9.17) is 5.73 Å². The van der Waals surface area contributed by atoms with Gasteiger partial charge in [-0.25, -0.2) is 4.98 Å². The van der Waals surface area contributed by atoms with E-state index in [9.17, 15) is 4.79 Å². The van der Waals surface area contributed by atoms with Crippen LogP contribution in [0, 0.1) is 5.92 Å². The van der Waals surface area contributed by atoms with Crippen molar-refractivity contribution in [1.29, 1.82) is 0 Å². The summed E-state index contributed by atoms with van der Waals surface area (Å²) in [5.41, 5.74) is 5.67. The number of halogens is 2. The van der Waals surface area contributed by atoms with Gasteiger partial charge in [0.15, 0.2) is 0 Å². The quantitative estimate of drug-likeness (QED) is 0.853. The third kappa shape index (κ3) is 5.09. The van der Waals surface area contributed by atoms with Gasteiger partial charge in [0, 0.05) is 24.0 Å². The minimum absolute atomic E-state index is 0. The molecule has 2 rings (SSSR count). The van der Waals surface area contributed by atoms with E-state index in [1.54, 1.807) is 17.5 Å². The van der Waals surface area contributed by atoms with Gasteiger partial charge in [-0.2, -0.15) is 0 Å². The number of nitrogens with one attached hydrogen (secondary N) is 1. The van der Waals surface area contributed by atoms with Crippen molar-refractivity contribution >= 4 is 42.1 Å². The van der Waals surface area contributed by atoms with Crippen LogP contribution >= 0.6 is 36.2 Å². The zero-order chi connectivity index (χ0) is 13.9. The second kappa shape index (κ2) is 8.93. The molecule has 1 saturated carbocycles. The second-order valence-electron chi connectivity index (χ2n) is 5.63. The maximum Gasteiger partial charge on any atom is 0.221 e. The van der Waals surface area contributed by atoms with Gasteiger partial charge in [0.2, 0.25) is 5.91 Å². The number of hydrogen-bond donors (Lipinski definition) is 2. The predicted molar refractivity (Wildman–Crippen MR) is 92.3 cm³/mol. The fourth-order valence-electron chi connectivity index (χ4n) is 2.70. The monoisotopic (exact) mass is 353 g/mol. The van der Waals surface area contributed by atoms with Crippen LogP contribution in [0.3, 0.4) is 0 Å². The summed E-state index contributed by atoms with van der Waals surface area (Å²) in [6.45, 7) is 4.11. The summed E-state index contributed by atoms with van der Waals surface area (Å²) in [6.07, 6.45) is 6.44. The van der Waals surface area contributed by atoms with Crippen molar-refractivity contribution in [1.82, 2.24) is 10.3 Å². The first kappa shape index (κ1) is 20.6. The predicted octanol–water partition coefficient (Wildman–Crippen LogP) is 3.25. The highest BCUT2D eigenvalue weighted by Crippen LogP contribution is 2.29. The number of nitrogens with zero attached hydrogens (tertiary/aromatic N) is 1. The molecule has 1 aromatic heterocycles. The molecule has 4 nitrogen and oxygen atoms in total. The summed E-state index contributed by atoms with van der Waals surface area (Å²) >= 11 is 1.59. The standard InChI is InChI=1S/C14H23N3OS.2ClH/c1-3-14(2,13-16-7-8-19-13)17-12(18)9-10-5-4-6-11(10)15;;/h7-8,10-11H,3-6,9,15H2,1-2H3,(H,17,18);2*1H/t10-,11+,14?;;/m0../s1. The lowest BCUT2D eigenvalue weighted by Crippen LogP contribution is -2.44. The summed E-state index contributed by atoms with van der Waals surface area (Å²) in [4.78, 5) is 16.6. The first-order chi connectivity index (χ1) is 9.05. The Labute approximate surface area is 143 Å². The third-order valence-corrected chi connectivity index (χ3v) is 5.23. The number of nitrogens with two attached hydrogens (primary N) is 1. The molecule has 21 heavy (non-hydrogen) atoms. The molecule has 0 bridgehead atoms. The first-order valence-electron chi connectivity index (χ1n) is 7.01. The Kier molecular flexibility index (Phi) is 8.78. The molecular formula is C14H25Cl2N3OS. The molecule has 122 valence electrons. The Morgan fingerprint density at radius 1 is 1.52 bits per heavy atom. The molecule has 1 aromatic rings. The van der Waals surface area contributed by atoms with E-state index < -0.39 is 0 Å². The molecule has 1 fully saturated rings. The van der Waals surface area contributed by atoms with Gasteiger partial charge >= 0.3 is 0 Å². The molecule has 1 amide bonds. The number of rotatable bonds is 5. The number of carbonyl (C=O) groups is 1. The fourth-order valence-corrected chi connectivity index (χ4v) is 3.53. The number of amides is 1. The topological polar surface area (TPSA) is 68.0 Å². The van der Waals surface area contributed by atoms with Crippen LogP contribution in [0.1, 0.15) is 51.0 Å². The van der Waals surface area contributed by atoms with Gasteiger partial charge in [-0.15, -0.1) is 36.2 Å². The molecule has 0 spiro atoms. The van der Waals surface area contributed by atoms with Gasteiger partial charge in [0.1, 0.15) is 5.01 Å². The fraction of sp³-hybridized carbons (Fsp3) is 0.714. The molecule has 0 saturated heterocycles. The van der Waals surface area contributed by atoms with Crippen LogP contribution in [-0.4, -0.2) is 16.9 Å². The molecule has 1 heterocycles. The maximum absolute atomic E-state index is 12.2. The third-order valence-electron chi connectivity index (χ3n) is 4.19. The number of aromatic nitrogens is 1. The van der Waals surface area contributed by atoms with Gasteiger partial charge in [-0.1, -0.05) is 13.3 Å². The normalized spacial score (nSPS) is 23.6. The van der Waals surface area contributed by atoms with E-state index in [1.807, 2.05) is 12.3 Å². The molecule has 7 heteroatoms. The van der Waals surface area contributed by atoms with Crippen molar-refractivity contribution in [3.05, 3.63) is 16.6 Å². The zero-order valence-electron chi connectivity index (χ0n) is 12.5. The van der Waals surface area contributed by atoms with E-state index >= 15 is 0 Å². The summed E-state index contributed by atoms with van der Waals surface area (Å²) in [7, 11) is 0. The van der Waals surface area contributed by atoms with E-state index in [0.717, 1.165) is 30.7 Å². The summed E-state index contributed by atoms with van der Waals surface area (Å²) in [5, 5.41) is 6.06. The van der Waals surface area contributed by atoms with Crippen LogP contribution in [0.25, 0.3) is 0 Å². The van der Waals surface area contributed by atoms with E-state index in [2.05, 4.69) is 17.2 Å². The highest BCUT2D eigenvalue weighted by molar-refractivity contribution is 7.09. The lowest BCUT2D eigenvalue weighted by Gasteiger charge is -2.28. The van der Waals surface area contributed by atoms with Crippen LogP contribution in [0.4, 0.5) is 0 Å². The molecule has 0 aliphatic heterocycles. The Bertz CT molecular complexity index is 430. The van der Waals surface area contributed by atoms with E-state index in [0.29, 0.717) is 12.3 Å². The van der Waals surface area contributed by atoms with Crippen molar-refractivity contribution in [3.8, 4) is 0 Å². The van der Waals surface area contributed by atoms with Crippen LogP contribution in [0.2, 0.25) is 0 Å². The van der Waals surface area contributed by atoms with Crippen molar-refractivity contribution in [2.75, 3.05) is 0 Å². The average molecular weight is 354 g/mol. The summed E-state index contributed by atoms with van der Waals surface area (Å²) in [5.74, 6) is 0.444. The van der Waals surface area contributed by atoms with E-state index in [1.165, 1.54) is 0 Å². The molecule has 1 aliphatic carbocycles. The smallest absolute Gasteiger partial charge is 0.221 e. The largest absolute Gasteiger partial charge is 0.344 e. The van der Waals surface area contributed by atoms with Gasteiger partial charge in [-0.3, -0.25) is 4.79 Å².